The number of aliphatic hydroxyl groups is 1. The van der Waals surface area contributed by atoms with Gasteiger partial charge in [-0.2, -0.15) is 0 Å². The molecule has 1 aliphatic heterocycles. The fourth-order valence-corrected chi connectivity index (χ4v) is 4.06. The summed E-state index contributed by atoms with van der Waals surface area (Å²) in [6.45, 7) is 0.685. The molecule has 1 saturated carbocycles. The van der Waals surface area contributed by atoms with Gasteiger partial charge < -0.3 is 19.5 Å². The molecule has 2 atom stereocenters. The van der Waals surface area contributed by atoms with Crippen molar-refractivity contribution < 1.29 is 24.3 Å². The molecule has 1 aliphatic carbocycles. The van der Waals surface area contributed by atoms with Gasteiger partial charge in [0.2, 0.25) is 0 Å². The van der Waals surface area contributed by atoms with Crippen molar-refractivity contribution in [2.45, 2.75) is 37.5 Å². The van der Waals surface area contributed by atoms with Gasteiger partial charge in [-0.05, 0) is 18.4 Å². The Hall–Kier alpha value is -3.13. The smallest absolute Gasteiger partial charge is 0.286 e. The summed E-state index contributed by atoms with van der Waals surface area (Å²) in [5, 5.41) is 21.7. The summed E-state index contributed by atoms with van der Waals surface area (Å²) < 4.78 is 11.1. The highest BCUT2D eigenvalue weighted by atomic mass is 16.6. The number of rotatable bonds is 6. The third kappa shape index (κ3) is 3.40. The third-order valence-electron chi connectivity index (χ3n) is 5.73. The van der Waals surface area contributed by atoms with E-state index in [4.69, 9.17) is 9.47 Å². The minimum atomic E-state index is -0.589. The van der Waals surface area contributed by atoms with Crippen LogP contribution in [-0.4, -0.2) is 46.1 Å². The highest BCUT2D eigenvalue weighted by Crippen LogP contribution is 2.50. The molecule has 1 amide bonds. The maximum absolute atomic E-state index is 13.1. The molecule has 0 bridgehead atoms. The number of hydrogen-bond acceptors (Lipinski definition) is 6. The number of nitro benzene ring substituents is 1. The van der Waals surface area contributed by atoms with Crippen molar-refractivity contribution in [2.24, 2.45) is 0 Å². The van der Waals surface area contributed by atoms with Crippen molar-refractivity contribution in [2.75, 3.05) is 13.7 Å². The van der Waals surface area contributed by atoms with Gasteiger partial charge >= 0.3 is 0 Å². The monoisotopic (exact) mass is 398 g/mol. The van der Waals surface area contributed by atoms with Gasteiger partial charge in [-0.15, -0.1) is 0 Å². The molecule has 1 heterocycles. The van der Waals surface area contributed by atoms with Gasteiger partial charge in [-0.1, -0.05) is 30.3 Å². The topological polar surface area (TPSA) is 102 Å². The van der Waals surface area contributed by atoms with Crippen LogP contribution in [0.5, 0.6) is 11.5 Å². The summed E-state index contributed by atoms with van der Waals surface area (Å²) in [5.41, 5.74) is -0.0601. The Labute approximate surface area is 167 Å². The quantitative estimate of drug-likeness (QED) is 0.593. The van der Waals surface area contributed by atoms with Crippen LogP contribution < -0.4 is 9.47 Å². The van der Waals surface area contributed by atoms with Gasteiger partial charge in [-0.3, -0.25) is 14.9 Å². The number of carbonyl (C=O) groups is 1. The normalized spacial score (nSPS) is 22.6. The average Bonchev–Trinajstić information content (AvgIpc) is 3.18. The SMILES string of the molecule is COc1cc(C(=O)N2CCCC23CC3O)c([N+](=O)[O-])cc1OCc1ccccc1. The lowest BCUT2D eigenvalue weighted by molar-refractivity contribution is -0.385. The van der Waals surface area contributed by atoms with E-state index in [9.17, 15) is 20.0 Å². The van der Waals surface area contributed by atoms with E-state index < -0.39 is 22.5 Å². The van der Waals surface area contributed by atoms with Crippen molar-refractivity contribution in [3.8, 4) is 11.5 Å². The molecule has 2 fully saturated rings. The minimum Gasteiger partial charge on any atom is -0.493 e. The Morgan fingerprint density at radius 2 is 2.03 bits per heavy atom. The maximum Gasteiger partial charge on any atom is 0.286 e. The van der Waals surface area contributed by atoms with Gasteiger partial charge in [0, 0.05) is 19.0 Å². The largest absolute Gasteiger partial charge is 0.493 e. The Balaban J connectivity index is 1.65. The number of likely N-dealkylation sites (tertiary alicyclic amines) is 1. The predicted molar refractivity (Wildman–Crippen MR) is 104 cm³/mol. The van der Waals surface area contributed by atoms with Gasteiger partial charge in [0.1, 0.15) is 12.2 Å². The molecule has 1 N–H and O–H groups in total. The maximum atomic E-state index is 13.1. The molecule has 1 spiro atoms. The molecule has 4 rings (SSSR count). The highest BCUT2D eigenvalue weighted by molar-refractivity contribution is 6.00. The first-order chi connectivity index (χ1) is 14.0. The fourth-order valence-electron chi connectivity index (χ4n) is 4.06. The lowest BCUT2D eigenvalue weighted by Crippen LogP contribution is -2.39. The first-order valence-electron chi connectivity index (χ1n) is 9.49. The Bertz CT molecular complexity index is 948. The second-order valence-electron chi connectivity index (χ2n) is 7.44. The molecule has 29 heavy (non-hydrogen) atoms. The summed E-state index contributed by atoms with van der Waals surface area (Å²) in [4.78, 5) is 25.8. The highest BCUT2D eigenvalue weighted by Gasteiger charge is 2.61. The van der Waals surface area contributed by atoms with Crippen LogP contribution in [0.25, 0.3) is 0 Å². The zero-order valence-electron chi connectivity index (χ0n) is 16.0. The first-order valence-corrected chi connectivity index (χ1v) is 9.49. The van der Waals surface area contributed by atoms with Gasteiger partial charge in [0.05, 0.1) is 29.7 Å². The van der Waals surface area contributed by atoms with Gasteiger partial charge in [-0.25, -0.2) is 0 Å². The zero-order valence-corrected chi connectivity index (χ0v) is 16.0. The van der Waals surface area contributed by atoms with E-state index in [0.717, 1.165) is 12.0 Å². The standard InChI is InChI=1S/C21H22N2O6/c1-28-17-10-15(20(25)22-9-5-8-21(22)12-19(21)24)16(23(26)27)11-18(17)29-13-14-6-3-2-4-7-14/h2-4,6-7,10-11,19,24H,5,8-9,12-13H2,1H3. The number of nitro groups is 1. The Morgan fingerprint density at radius 3 is 2.66 bits per heavy atom. The van der Waals surface area contributed by atoms with Crippen LogP contribution in [0.2, 0.25) is 0 Å². The number of aliphatic hydroxyl groups excluding tert-OH is 1. The van der Waals surface area contributed by atoms with Crippen LogP contribution in [0.15, 0.2) is 42.5 Å². The van der Waals surface area contributed by atoms with Crippen LogP contribution >= 0.6 is 0 Å². The summed E-state index contributed by atoms with van der Waals surface area (Å²) in [6.07, 6.45) is 1.43. The second-order valence-corrected chi connectivity index (χ2v) is 7.44. The van der Waals surface area contributed by atoms with E-state index in [1.54, 1.807) is 4.90 Å². The molecule has 2 aromatic carbocycles. The average molecular weight is 398 g/mol. The minimum absolute atomic E-state index is 0.0562. The third-order valence-corrected chi connectivity index (χ3v) is 5.73. The molecular weight excluding hydrogens is 376 g/mol. The molecular formula is C21H22N2O6. The summed E-state index contributed by atoms with van der Waals surface area (Å²) >= 11 is 0. The predicted octanol–water partition coefficient (Wildman–Crippen LogP) is 2.92. The Morgan fingerprint density at radius 1 is 1.31 bits per heavy atom. The molecule has 0 radical (unpaired) electrons. The number of amides is 1. The number of ether oxygens (including phenoxy) is 2. The van der Waals surface area contributed by atoms with E-state index in [-0.39, 0.29) is 29.4 Å². The molecule has 1 saturated heterocycles. The van der Waals surface area contributed by atoms with Crippen LogP contribution in [0.1, 0.15) is 35.2 Å². The molecule has 2 aliphatic rings. The van der Waals surface area contributed by atoms with Crippen LogP contribution in [-0.2, 0) is 6.61 Å². The summed E-state index contributed by atoms with van der Waals surface area (Å²) in [6, 6.07) is 12.0. The molecule has 2 unspecified atom stereocenters. The number of nitrogens with zero attached hydrogens (tertiary/aromatic N) is 2. The number of carbonyl (C=O) groups excluding carboxylic acids is 1. The molecule has 8 heteroatoms. The van der Waals surface area contributed by atoms with Crippen LogP contribution in [0.4, 0.5) is 5.69 Å². The number of hydrogen-bond donors (Lipinski definition) is 1. The van der Waals surface area contributed by atoms with Crippen LogP contribution in [0, 0.1) is 10.1 Å². The first kappa shape index (κ1) is 19.2. The molecule has 152 valence electrons. The van der Waals surface area contributed by atoms with E-state index in [2.05, 4.69) is 0 Å². The molecule has 8 nitrogen and oxygen atoms in total. The van der Waals surface area contributed by atoms with Gasteiger partial charge in [0.15, 0.2) is 11.5 Å². The lowest BCUT2D eigenvalue weighted by atomic mass is 10.1. The Kier molecular flexibility index (Phi) is 4.87. The molecule has 0 aromatic heterocycles. The van der Waals surface area contributed by atoms with Crippen molar-refractivity contribution in [1.29, 1.82) is 0 Å². The number of methoxy groups -OCH3 is 1. The van der Waals surface area contributed by atoms with E-state index >= 15 is 0 Å². The number of benzene rings is 2. The fraction of sp³-hybridized carbons (Fsp3) is 0.381. The van der Waals surface area contributed by atoms with Crippen molar-refractivity contribution in [1.82, 2.24) is 4.90 Å². The molecule has 2 aromatic rings. The van der Waals surface area contributed by atoms with Crippen molar-refractivity contribution in [3.63, 3.8) is 0 Å². The van der Waals surface area contributed by atoms with Crippen molar-refractivity contribution in [3.05, 3.63) is 63.7 Å². The van der Waals surface area contributed by atoms with E-state index in [1.807, 2.05) is 30.3 Å². The lowest BCUT2D eigenvalue weighted by Gasteiger charge is -2.25. The van der Waals surface area contributed by atoms with E-state index in [1.165, 1.54) is 19.2 Å². The summed E-state index contributed by atoms with van der Waals surface area (Å²) in [5.74, 6) is -0.0136. The van der Waals surface area contributed by atoms with E-state index in [0.29, 0.717) is 19.4 Å². The van der Waals surface area contributed by atoms with Gasteiger partial charge in [0.25, 0.3) is 11.6 Å². The van der Waals surface area contributed by atoms with Crippen LogP contribution in [0.3, 0.4) is 0 Å². The van der Waals surface area contributed by atoms with Crippen molar-refractivity contribution >= 4 is 11.6 Å². The second kappa shape index (κ2) is 7.36. The summed E-state index contributed by atoms with van der Waals surface area (Å²) in [7, 11) is 1.42. The zero-order chi connectivity index (χ0) is 20.6.